The third-order valence-electron chi connectivity index (χ3n) is 9.73. The van der Waals surface area contributed by atoms with Crippen molar-refractivity contribution in [2.45, 2.75) is 114 Å². The third-order valence-corrected chi connectivity index (χ3v) is 15.1. The highest BCUT2D eigenvalue weighted by Crippen LogP contribution is 2.69. The van der Waals surface area contributed by atoms with Gasteiger partial charge in [-0.1, -0.05) is 43.6 Å². The standard InChI is InChI=1S/C23H39BrO4Si/c1-19(2,3)29(6,7)27-18-9-8-16-20(18,4)10-12-22(26-5)14-17(25)21(15-24)11-13-23(16,22)28-21/h16,18H,8-15H2,1-7H3/t16-,18+,20+,21-,22+,23+/m1/s1. The molecule has 2 aliphatic heterocycles. The first-order valence-corrected chi connectivity index (χ1v) is 15.4. The van der Waals surface area contributed by atoms with E-state index in [2.05, 4.69) is 56.7 Å². The Labute approximate surface area is 186 Å². The average Bonchev–Trinajstić information content (AvgIpc) is 3.16. The molecule has 0 aromatic heterocycles. The summed E-state index contributed by atoms with van der Waals surface area (Å²) in [5.41, 5.74) is -1.40. The second-order valence-electron chi connectivity index (χ2n) is 11.9. The summed E-state index contributed by atoms with van der Waals surface area (Å²) in [7, 11) is -0.0635. The number of fused-ring (bicyclic) bond motifs is 2. The fourth-order valence-electron chi connectivity index (χ4n) is 6.80. The van der Waals surface area contributed by atoms with Gasteiger partial charge in [0.1, 0.15) is 16.8 Å². The van der Waals surface area contributed by atoms with E-state index in [-0.39, 0.29) is 27.9 Å². The fourth-order valence-corrected chi connectivity index (χ4v) is 8.96. The zero-order valence-corrected chi connectivity index (χ0v) is 21.9. The molecule has 2 heterocycles. The summed E-state index contributed by atoms with van der Waals surface area (Å²) in [4.78, 5) is 13.1. The van der Waals surface area contributed by atoms with Crippen LogP contribution >= 0.6 is 15.9 Å². The van der Waals surface area contributed by atoms with Crippen LogP contribution in [-0.4, -0.2) is 49.4 Å². The molecule has 0 N–H and O–H groups in total. The molecule has 4 aliphatic rings. The second kappa shape index (κ2) is 6.63. The van der Waals surface area contributed by atoms with E-state index in [0.717, 1.165) is 38.5 Å². The maximum Gasteiger partial charge on any atom is 0.192 e. The SMILES string of the molecule is CO[C@]12CC[C@]3(C)[C@@H](O[Si](C)(C)C(C)(C)C)CC[C@H]3[C@@]13CC[C@](CBr)(O3)C(=O)C2. The smallest absolute Gasteiger partial charge is 0.192 e. The van der Waals surface area contributed by atoms with Crippen molar-refractivity contribution < 1.29 is 18.7 Å². The van der Waals surface area contributed by atoms with E-state index in [1.54, 1.807) is 7.11 Å². The van der Waals surface area contributed by atoms with Crippen LogP contribution in [-0.2, 0) is 18.7 Å². The number of ketones is 1. The highest BCUT2D eigenvalue weighted by molar-refractivity contribution is 9.09. The van der Waals surface area contributed by atoms with Crippen LogP contribution in [0.25, 0.3) is 0 Å². The van der Waals surface area contributed by atoms with Crippen molar-refractivity contribution in [2.24, 2.45) is 11.3 Å². The number of alkyl halides is 1. The van der Waals surface area contributed by atoms with Gasteiger partial charge in [-0.3, -0.25) is 4.79 Å². The van der Waals surface area contributed by atoms with Crippen LogP contribution in [0, 0.1) is 11.3 Å². The molecule has 2 aliphatic carbocycles. The van der Waals surface area contributed by atoms with Crippen LogP contribution < -0.4 is 0 Å². The zero-order valence-electron chi connectivity index (χ0n) is 19.3. The van der Waals surface area contributed by atoms with Crippen LogP contribution in [0.3, 0.4) is 0 Å². The van der Waals surface area contributed by atoms with E-state index in [1.165, 1.54) is 0 Å². The van der Waals surface area contributed by atoms with Crippen LogP contribution in [0.4, 0.5) is 0 Å². The Morgan fingerprint density at radius 2 is 1.86 bits per heavy atom. The van der Waals surface area contributed by atoms with Gasteiger partial charge < -0.3 is 13.9 Å². The molecule has 0 aromatic carbocycles. The topological polar surface area (TPSA) is 44.8 Å². The lowest BCUT2D eigenvalue weighted by Gasteiger charge is -2.62. The number of methoxy groups -OCH3 is 1. The van der Waals surface area contributed by atoms with E-state index in [9.17, 15) is 4.79 Å². The molecule has 1 spiro atoms. The zero-order chi connectivity index (χ0) is 21.5. The van der Waals surface area contributed by atoms with Gasteiger partial charge in [0.15, 0.2) is 14.1 Å². The second-order valence-corrected chi connectivity index (χ2v) is 17.2. The van der Waals surface area contributed by atoms with Crippen LogP contribution in [0.5, 0.6) is 0 Å². The molecule has 29 heavy (non-hydrogen) atoms. The van der Waals surface area contributed by atoms with E-state index in [0.29, 0.717) is 17.7 Å². The Morgan fingerprint density at radius 3 is 2.45 bits per heavy atom. The molecule has 2 bridgehead atoms. The molecule has 2 saturated heterocycles. The van der Waals surface area contributed by atoms with E-state index in [1.807, 2.05) is 0 Å². The lowest BCUT2D eigenvalue weighted by atomic mass is 9.53. The summed E-state index contributed by atoms with van der Waals surface area (Å²) in [5, 5.41) is 0.796. The van der Waals surface area contributed by atoms with Gasteiger partial charge in [0, 0.05) is 18.9 Å². The van der Waals surface area contributed by atoms with Crippen molar-refractivity contribution in [3.05, 3.63) is 0 Å². The molecule has 0 unspecified atom stereocenters. The van der Waals surface area contributed by atoms with Gasteiger partial charge in [-0.15, -0.1) is 0 Å². The largest absolute Gasteiger partial charge is 0.413 e. The predicted molar refractivity (Wildman–Crippen MR) is 121 cm³/mol. The quantitative estimate of drug-likeness (QED) is 0.381. The van der Waals surface area contributed by atoms with Gasteiger partial charge in [-0.05, 0) is 68.0 Å². The first-order valence-electron chi connectivity index (χ1n) is 11.3. The monoisotopic (exact) mass is 486 g/mol. The fraction of sp³-hybridized carbons (Fsp3) is 0.957. The van der Waals surface area contributed by atoms with Crippen LogP contribution in [0.1, 0.15) is 72.6 Å². The van der Waals surface area contributed by atoms with Crippen LogP contribution in [0.15, 0.2) is 0 Å². The molecule has 0 radical (unpaired) electrons. The van der Waals surface area contributed by atoms with Gasteiger partial charge in [0.05, 0.1) is 6.10 Å². The third kappa shape index (κ3) is 2.81. The van der Waals surface area contributed by atoms with Gasteiger partial charge >= 0.3 is 0 Å². The molecule has 6 atom stereocenters. The number of hydrogen-bond acceptors (Lipinski definition) is 4. The Morgan fingerprint density at radius 1 is 1.17 bits per heavy atom. The average molecular weight is 488 g/mol. The van der Waals surface area contributed by atoms with Crippen molar-refractivity contribution in [3.8, 4) is 0 Å². The Kier molecular flexibility index (Phi) is 5.13. The molecule has 0 amide bonds. The molecular formula is C23H39BrO4Si. The number of halogens is 1. The molecule has 0 aromatic rings. The summed E-state index contributed by atoms with van der Waals surface area (Å²) < 4.78 is 20.1. The van der Waals surface area contributed by atoms with Crippen molar-refractivity contribution in [1.82, 2.24) is 0 Å². The minimum absolute atomic E-state index is 0.0837. The summed E-state index contributed by atoms with van der Waals surface area (Å²) in [6.45, 7) is 14.1. The highest BCUT2D eigenvalue weighted by atomic mass is 79.9. The first-order chi connectivity index (χ1) is 13.3. The van der Waals surface area contributed by atoms with Gasteiger partial charge in [0.2, 0.25) is 0 Å². The van der Waals surface area contributed by atoms with Crippen molar-refractivity contribution in [3.63, 3.8) is 0 Å². The summed E-state index contributed by atoms with van der Waals surface area (Å²) in [6, 6.07) is 0. The van der Waals surface area contributed by atoms with Crippen LogP contribution in [0.2, 0.25) is 18.1 Å². The van der Waals surface area contributed by atoms with E-state index >= 15 is 0 Å². The van der Waals surface area contributed by atoms with Gasteiger partial charge in [-0.25, -0.2) is 0 Å². The number of Topliss-reactive ketones (excluding diaryl/α,β-unsaturated/α-hetero) is 1. The summed E-state index contributed by atoms with van der Waals surface area (Å²) >= 11 is 3.60. The Bertz CT molecular complexity index is 705. The van der Waals surface area contributed by atoms with Gasteiger partial charge in [0.25, 0.3) is 0 Å². The molecule has 4 nitrogen and oxygen atoms in total. The summed E-state index contributed by atoms with van der Waals surface area (Å²) in [5.74, 6) is 0.604. The Hall–Kier alpha value is 0.247. The van der Waals surface area contributed by atoms with Crippen molar-refractivity contribution >= 4 is 30.0 Å². The lowest BCUT2D eigenvalue weighted by molar-refractivity contribution is -0.287. The van der Waals surface area contributed by atoms with E-state index < -0.39 is 19.5 Å². The predicted octanol–water partition coefficient (Wildman–Crippen LogP) is 5.63. The number of carbonyl (C=O) groups is 1. The van der Waals surface area contributed by atoms with E-state index in [4.69, 9.17) is 13.9 Å². The number of carbonyl (C=O) groups excluding carboxylic acids is 1. The lowest BCUT2D eigenvalue weighted by Crippen LogP contribution is -2.71. The number of hydrogen-bond donors (Lipinski definition) is 0. The first kappa shape index (κ1) is 22.4. The minimum Gasteiger partial charge on any atom is -0.413 e. The molecule has 4 fully saturated rings. The molecule has 2 saturated carbocycles. The van der Waals surface area contributed by atoms with Crippen molar-refractivity contribution in [2.75, 3.05) is 12.4 Å². The Balaban J connectivity index is 1.71. The normalized spacial score (nSPS) is 47.2. The maximum atomic E-state index is 13.1. The molecular weight excluding hydrogens is 448 g/mol. The maximum absolute atomic E-state index is 13.1. The van der Waals surface area contributed by atoms with Crippen molar-refractivity contribution in [1.29, 1.82) is 0 Å². The summed E-state index contributed by atoms with van der Waals surface area (Å²) in [6.07, 6.45) is 6.63. The van der Waals surface area contributed by atoms with Gasteiger partial charge in [-0.2, -0.15) is 0 Å². The molecule has 166 valence electrons. The molecule has 6 heteroatoms. The highest BCUT2D eigenvalue weighted by Gasteiger charge is 2.76. The minimum atomic E-state index is -1.85. The number of ether oxygens (including phenoxy) is 2. The molecule has 4 rings (SSSR count). The number of rotatable bonds is 4.